The summed E-state index contributed by atoms with van der Waals surface area (Å²) in [5.74, 6) is 0. The van der Waals surface area contributed by atoms with Gasteiger partial charge in [-0.3, -0.25) is 0 Å². The number of nitrogens with two attached hydrogens (primary N) is 1. The second kappa shape index (κ2) is 4.60. The van der Waals surface area contributed by atoms with Crippen molar-refractivity contribution in [2.24, 2.45) is 5.73 Å². The first-order valence-corrected chi connectivity index (χ1v) is 2.81. The highest BCUT2D eigenvalue weighted by Gasteiger charge is 1.83. The van der Waals surface area contributed by atoms with E-state index in [9.17, 15) is 0 Å². The van der Waals surface area contributed by atoms with Crippen LogP contribution in [0.5, 0.6) is 0 Å². The van der Waals surface area contributed by atoms with Gasteiger partial charge in [-0.15, -0.1) is 0 Å². The van der Waals surface area contributed by atoms with E-state index in [0.717, 1.165) is 25.0 Å². The molecular formula is C7H13N. The zero-order valence-corrected chi connectivity index (χ0v) is 5.19. The molecule has 2 N–H and O–H groups in total. The average molecular weight is 111 g/mol. The van der Waals surface area contributed by atoms with Gasteiger partial charge in [-0.05, 0) is 19.4 Å². The predicted molar refractivity (Wildman–Crippen MR) is 37.6 cm³/mol. The minimum absolute atomic E-state index is 0.743. The van der Waals surface area contributed by atoms with Crippen LogP contribution in [0.2, 0.25) is 0 Å². The molecule has 0 amide bonds. The topological polar surface area (TPSA) is 26.0 Å². The lowest BCUT2D eigenvalue weighted by atomic mass is 10.2. The number of hydrogen-bond acceptors (Lipinski definition) is 1. The van der Waals surface area contributed by atoms with Gasteiger partial charge in [0.05, 0.1) is 0 Å². The van der Waals surface area contributed by atoms with Crippen molar-refractivity contribution in [2.75, 3.05) is 6.54 Å². The van der Waals surface area contributed by atoms with Gasteiger partial charge >= 0.3 is 0 Å². The normalized spacial score (nSPS) is 8.62. The van der Waals surface area contributed by atoms with Crippen LogP contribution in [-0.4, -0.2) is 6.54 Å². The van der Waals surface area contributed by atoms with Crippen LogP contribution in [0.4, 0.5) is 0 Å². The first-order valence-electron chi connectivity index (χ1n) is 2.81. The summed E-state index contributed by atoms with van der Waals surface area (Å²) in [6.07, 6.45) is 3.78. The molecule has 0 atom stereocenters. The lowest BCUT2D eigenvalue weighted by molar-refractivity contribution is 0.838. The van der Waals surface area contributed by atoms with Crippen LogP contribution in [-0.2, 0) is 0 Å². The molecule has 0 aliphatic heterocycles. The van der Waals surface area contributed by atoms with Gasteiger partial charge in [0.1, 0.15) is 0 Å². The molecule has 0 radical (unpaired) electrons. The maximum atomic E-state index is 5.26. The van der Waals surface area contributed by atoms with Gasteiger partial charge < -0.3 is 5.73 Å². The van der Waals surface area contributed by atoms with Crippen molar-refractivity contribution >= 4 is 0 Å². The third-order valence-corrected chi connectivity index (χ3v) is 0.991. The highest BCUT2D eigenvalue weighted by molar-refractivity contribution is 5.10. The van der Waals surface area contributed by atoms with Gasteiger partial charge in [-0.25, -0.2) is 0 Å². The van der Waals surface area contributed by atoms with E-state index in [1.165, 1.54) is 0 Å². The average Bonchev–Trinajstić information content (AvgIpc) is 1.83. The Labute approximate surface area is 50.9 Å². The van der Waals surface area contributed by atoms with Crippen LogP contribution in [0.1, 0.15) is 12.8 Å². The van der Waals surface area contributed by atoms with E-state index in [-0.39, 0.29) is 0 Å². The smallest absolute Gasteiger partial charge is 0.00741 e. The Hall–Kier alpha value is -0.560. The van der Waals surface area contributed by atoms with Crippen LogP contribution in [0, 0.1) is 0 Å². The lowest BCUT2D eigenvalue weighted by Crippen LogP contribution is -1.97. The SMILES string of the molecule is C=CC(=C)CCCN. The summed E-state index contributed by atoms with van der Waals surface area (Å²) in [7, 11) is 0. The van der Waals surface area contributed by atoms with Crippen LogP contribution in [0.15, 0.2) is 24.8 Å². The fraction of sp³-hybridized carbons (Fsp3) is 0.429. The highest BCUT2D eigenvalue weighted by Crippen LogP contribution is 1.99. The van der Waals surface area contributed by atoms with Gasteiger partial charge in [0.25, 0.3) is 0 Å². The molecule has 0 saturated carbocycles. The number of hydrogen-bond donors (Lipinski definition) is 1. The minimum atomic E-state index is 0.743. The Morgan fingerprint density at radius 1 is 1.62 bits per heavy atom. The molecule has 1 nitrogen and oxygen atoms in total. The van der Waals surface area contributed by atoms with E-state index in [1.807, 2.05) is 0 Å². The summed E-state index contributed by atoms with van der Waals surface area (Å²) >= 11 is 0. The van der Waals surface area contributed by atoms with Gasteiger partial charge in [0.15, 0.2) is 0 Å². The molecule has 1 heteroatoms. The van der Waals surface area contributed by atoms with E-state index < -0.39 is 0 Å². The molecule has 0 spiro atoms. The first kappa shape index (κ1) is 7.44. The third-order valence-electron chi connectivity index (χ3n) is 0.991. The third kappa shape index (κ3) is 3.62. The summed E-state index contributed by atoms with van der Waals surface area (Å²) in [5, 5.41) is 0. The summed E-state index contributed by atoms with van der Waals surface area (Å²) in [6.45, 7) is 8.05. The Morgan fingerprint density at radius 2 is 2.25 bits per heavy atom. The molecule has 0 saturated heterocycles. The van der Waals surface area contributed by atoms with Crippen molar-refractivity contribution in [1.29, 1.82) is 0 Å². The fourth-order valence-corrected chi connectivity index (χ4v) is 0.431. The monoisotopic (exact) mass is 111 g/mol. The van der Waals surface area contributed by atoms with E-state index in [1.54, 1.807) is 6.08 Å². The number of allylic oxidation sites excluding steroid dienone is 2. The molecular weight excluding hydrogens is 98.1 g/mol. The van der Waals surface area contributed by atoms with Crippen molar-refractivity contribution in [1.82, 2.24) is 0 Å². The van der Waals surface area contributed by atoms with Crippen molar-refractivity contribution in [3.8, 4) is 0 Å². The lowest BCUT2D eigenvalue weighted by Gasteiger charge is -1.93. The van der Waals surface area contributed by atoms with E-state index in [4.69, 9.17) is 5.73 Å². The molecule has 8 heavy (non-hydrogen) atoms. The Morgan fingerprint density at radius 3 is 2.62 bits per heavy atom. The van der Waals surface area contributed by atoms with Gasteiger partial charge in [-0.2, -0.15) is 0 Å². The summed E-state index contributed by atoms with van der Waals surface area (Å²) in [4.78, 5) is 0. The van der Waals surface area contributed by atoms with Crippen molar-refractivity contribution in [2.45, 2.75) is 12.8 Å². The van der Waals surface area contributed by atoms with Crippen molar-refractivity contribution < 1.29 is 0 Å². The molecule has 0 aromatic carbocycles. The quantitative estimate of drug-likeness (QED) is 0.546. The summed E-state index contributed by atoms with van der Waals surface area (Å²) in [6, 6.07) is 0. The highest BCUT2D eigenvalue weighted by atomic mass is 14.5. The molecule has 0 fully saturated rings. The molecule has 46 valence electrons. The van der Waals surface area contributed by atoms with Crippen molar-refractivity contribution in [3.63, 3.8) is 0 Å². The molecule has 0 aromatic rings. The van der Waals surface area contributed by atoms with E-state index in [0.29, 0.717) is 0 Å². The maximum absolute atomic E-state index is 5.26. The molecule has 0 aliphatic carbocycles. The Balaban J connectivity index is 3.11. The second-order valence-corrected chi connectivity index (χ2v) is 1.75. The molecule has 0 unspecified atom stereocenters. The van der Waals surface area contributed by atoms with Crippen LogP contribution in [0.25, 0.3) is 0 Å². The molecule has 0 bridgehead atoms. The summed E-state index contributed by atoms with van der Waals surface area (Å²) in [5.41, 5.74) is 6.34. The van der Waals surface area contributed by atoms with Crippen LogP contribution >= 0.6 is 0 Å². The Kier molecular flexibility index (Phi) is 4.27. The maximum Gasteiger partial charge on any atom is -0.00741 e. The Bertz CT molecular complexity index is 84.4. The molecule has 0 rings (SSSR count). The first-order chi connectivity index (χ1) is 3.81. The van der Waals surface area contributed by atoms with Gasteiger partial charge in [0, 0.05) is 0 Å². The van der Waals surface area contributed by atoms with Gasteiger partial charge in [-0.1, -0.05) is 24.8 Å². The summed E-state index contributed by atoms with van der Waals surface area (Å²) < 4.78 is 0. The van der Waals surface area contributed by atoms with Crippen LogP contribution in [0.3, 0.4) is 0 Å². The molecule has 0 aliphatic rings. The largest absolute Gasteiger partial charge is 0.330 e. The predicted octanol–water partition coefficient (Wildman–Crippen LogP) is 1.47. The van der Waals surface area contributed by atoms with E-state index in [2.05, 4.69) is 13.2 Å². The number of rotatable bonds is 4. The van der Waals surface area contributed by atoms with Crippen LogP contribution < -0.4 is 5.73 Å². The van der Waals surface area contributed by atoms with Crippen molar-refractivity contribution in [3.05, 3.63) is 24.8 Å². The zero-order valence-electron chi connectivity index (χ0n) is 5.19. The molecule has 0 aromatic heterocycles. The standard InChI is InChI=1S/C7H13N/c1-3-7(2)5-4-6-8/h3H,1-2,4-6,8H2. The van der Waals surface area contributed by atoms with E-state index >= 15 is 0 Å². The minimum Gasteiger partial charge on any atom is -0.330 e. The molecule has 0 heterocycles. The fourth-order valence-electron chi connectivity index (χ4n) is 0.431. The second-order valence-electron chi connectivity index (χ2n) is 1.75. The van der Waals surface area contributed by atoms with Gasteiger partial charge in [0.2, 0.25) is 0 Å². The zero-order chi connectivity index (χ0) is 6.41.